The second-order valence-electron chi connectivity index (χ2n) is 6.00. The third-order valence-electron chi connectivity index (χ3n) is 3.94. The highest BCUT2D eigenvalue weighted by atomic mass is 32.2. The van der Waals surface area contributed by atoms with Crippen molar-refractivity contribution in [2.45, 2.75) is 12.4 Å². The molecule has 0 aliphatic carbocycles. The fourth-order valence-corrected chi connectivity index (χ4v) is 3.06. The molecule has 3 aromatic carbocycles. The first kappa shape index (κ1) is 20.5. The fraction of sp³-hybridized carbons (Fsp3) is 0.0909. The van der Waals surface area contributed by atoms with Gasteiger partial charge in [0.15, 0.2) is 16.7 Å². The molecule has 0 bridgehead atoms. The van der Waals surface area contributed by atoms with Crippen LogP contribution in [-0.4, -0.2) is 11.4 Å². The maximum absolute atomic E-state index is 13.7. The summed E-state index contributed by atoms with van der Waals surface area (Å²) in [5.41, 5.74) is 8.53. The van der Waals surface area contributed by atoms with Crippen molar-refractivity contribution in [3.8, 4) is 5.75 Å². The maximum Gasteiger partial charge on any atom is 0.200 e. The number of ether oxygens (including phenoxy) is 1. The van der Waals surface area contributed by atoms with E-state index in [1.54, 1.807) is 6.21 Å². The molecule has 7 heteroatoms. The van der Waals surface area contributed by atoms with E-state index in [0.29, 0.717) is 10.9 Å². The second kappa shape index (κ2) is 10.4. The van der Waals surface area contributed by atoms with Gasteiger partial charge in [-0.25, -0.2) is 4.39 Å². The normalized spacial score (nSPS) is 11.7. The Bertz CT molecular complexity index is 1010. The zero-order valence-corrected chi connectivity index (χ0v) is 16.3. The van der Waals surface area contributed by atoms with E-state index in [1.807, 2.05) is 54.6 Å². The van der Waals surface area contributed by atoms with Crippen molar-refractivity contribution >= 4 is 23.1 Å². The molecule has 0 saturated heterocycles. The molecule has 0 radical (unpaired) electrons. The zero-order valence-electron chi connectivity index (χ0n) is 15.5. The predicted molar refractivity (Wildman–Crippen MR) is 114 cm³/mol. The fourth-order valence-electron chi connectivity index (χ4n) is 2.45. The quantitative estimate of drug-likeness (QED) is 0.333. The van der Waals surface area contributed by atoms with Crippen LogP contribution in [0, 0.1) is 11.6 Å². The van der Waals surface area contributed by atoms with E-state index >= 15 is 0 Å². The van der Waals surface area contributed by atoms with Gasteiger partial charge in [-0.05, 0) is 23.3 Å². The number of thioether (sulfide) groups is 1. The summed E-state index contributed by atoms with van der Waals surface area (Å²) in [7, 11) is 0. The summed E-state index contributed by atoms with van der Waals surface area (Å²) in [5.74, 6) is -1.40. The number of nitrogens with two attached hydrogens (primary N) is 1. The van der Waals surface area contributed by atoms with Crippen molar-refractivity contribution < 1.29 is 13.5 Å². The topological polar surface area (TPSA) is 60.0 Å². The van der Waals surface area contributed by atoms with Crippen LogP contribution in [0.1, 0.15) is 16.7 Å². The Kier molecular flexibility index (Phi) is 7.35. The molecule has 0 unspecified atom stereocenters. The number of hydrogen-bond acceptors (Lipinski definition) is 4. The Hall–Kier alpha value is -3.19. The van der Waals surface area contributed by atoms with Crippen LogP contribution >= 0.6 is 11.8 Å². The van der Waals surface area contributed by atoms with Crippen LogP contribution in [0.5, 0.6) is 5.75 Å². The molecule has 0 saturated carbocycles. The van der Waals surface area contributed by atoms with Gasteiger partial charge in [-0.15, -0.1) is 5.10 Å². The van der Waals surface area contributed by atoms with Gasteiger partial charge in [0.1, 0.15) is 6.61 Å². The highest BCUT2D eigenvalue weighted by Gasteiger charge is 2.09. The summed E-state index contributed by atoms with van der Waals surface area (Å²) in [6, 6.07) is 21.0. The van der Waals surface area contributed by atoms with Gasteiger partial charge in [-0.1, -0.05) is 72.4 Å². The van der Waals surface area contributed by atoms with E-state index < -0.39 is 11.6 Å². The molecule has 29 heavy (non-hydrogen) atoms. The van der Waals surface area contributed by atoms with Crippen LogP contribution in [0.3, 0.4) is 0 Å². The minimum absolute atomic E-state index is 0.0600. The number of hydrogen-bond donors (Lipinski definition) is 1. The summed E-state index contributed by atoms with van der Waals surface area (Å²) >= 11 is 1.39. The lowest BCUT2D eigenvalue weighted by Crippen LogP contribution is -2.06. The Balaban J connectivity index is 1.61. The SMILES string of the molecule is NC(=NN=Cc1ccccc1COc1cccc(F)c1F)SCc1ccccc1. The Morgan fingerprint density at radius 1 is 0.966 bits per heavy atom. The molecular weight excluding hydrogens is 392 g/mol. The van der Waals surface area contributed by atoms with Gasteiger partial charge in [-0.3, -0.25) is 0 Å². The van der Waals surface area contributed by atoms with Crippen molar-refractivity contribution in [3.63, 3.8) is 0 Å². The summed E-state index contributed by atoms with van der Waals surface area (Å²) in [4.78, 5) is 0. The highest BCUT2D eigenvalue weighted by molar-refractivity contribution is 8.13. The molecule has 0 aliphatic heterocycles. The predicted octanol–water partition coefficient (Wildman–Crippen LogP) is 5.13. The van der Waals surface area contributed by atoms with E-state index in [1.165, 1.54) is 23.9 Å². The van der Waals surface area contributed by atoms with Gasteiger partial charge < -0.3 is 10.5 Å². The third kappa shape index (κ3) is 6.15. The molecule has 0 heterocycles. The molecule has 148 valence electrons. The molecule has 0 aliphatic rings. The highest BCUT2D eigenvalue weighted by Crippen LogP contribution is 2.21. The van der Waals surface area contributed by atoms with Crippen molar-refractivity contribution in [2.24, 2.45) is 15.9 Å². The monoisotopic (exact) mass is 411 g/mol. The molecule has 0 atom stereocenters. The van der Waals surface area contributed by atoms with E-state index in [0.717, 1.165) is 22.8 Å². The average molecular weight is 411 g/mol. The van der Waals surface area contributed by atoms with Crippen molar-refractivity contribution in [1.82, 2.24) is 0 Å². The van der Waals surface area contributed by atoms with Crippen molar-refractivity contribution in [3.05, 3.63) is 101 Å². The third-order valence-corrected chi connectivity index (χ3v) is 4.79. The van der Waals surface area contributed by atoms with Crippen LogP contribution in [-0.2, 0) is 12.4 Å². The van der Waals surface area contributed by atoms with Gasteiger partial charge in [0.2, 0.25) is 5.82 Å². The summed E-state index contributed by atoms with van der Waals surface area (Å²) in [6.07, 6.45) is 1.55. The first-order valence-electron chi connectivity index (χ1n) is 8.81. The zero-order chi connectivity index (χ0) is 20.5. The molecule has 3 rings (SSSR count). The molecule has 3 aromatic rings. The van der Waals surface area contributed by atoms with Crippen molar-refractivity contribution in [1.29, 1.82) is 0 Å². The first-order chi connectivity index (χ1) is 14.1. The minimum Gasteiger partial charge on any atom is -0.486 e. The van der Waals surface area contributed by atoms with Gasteiger partial charge in [0.05, 0.1) is 6.21 Å². The molecule has 4 nitrogen and oxygen atoms in total. The summed E-state index contributed by atoms with van der Waals surface area (Å²) in [6.45, 7) is 0.0600. The van der Waals surface area contributed by atoms with Crippen LogP contribution in [0.4, 0.5) is 8.78 Å². The van der Waals surface area contributed by atoms with Gasteiger partial charge in [-0.2, -0.15) is 9.49 Å². The lowest BCUT2D eigenvalue weighted by molar-refractivity contribution is 0.284. The number of rotatable bonds is 7. The van der Waals surface area contributed by atoms with Gasteiger partial charge in [0.25, 0.3) is 0 Å². The smallest absolute Gasteiger partial charge is 0.200 e. The molecule has 0 fully saturated rings. The maximum atomic E-state index is 13.7. The van der Waals surface area contributed by atoms with Crippen LogP contribution in [0.15, 0.2) is 83.0 Å². The molecule has 0 spiro atoms. The minimum atomic E-state index is -1.01. The lowest BCUT2D eigenvalue weighted by Gasteiger charge is -2.09. The number of amidine groups is 1. The number of halogens is 2. The number of benzene rings is 3. The average Bonchev–Trinajstić information content (AvgIpc) is 2.75. The van der Waals surface area contributed by atoms with Crippen LogP contribution < -0.4 is 10.5 Å². The largest absolute Gasteiger partial charge is 0.486 e. The van der Waals surface area contributed by atoms with E-state index in [2.05, 4.69) is 10.2 Å². The van der Waals surface area contributed by atoms with E-state index in [4.69, 9.17) is 10.5 Å². The van der Waals surface area contributed by atoms with Gasteiger partial charge >= 0.3 is 0 Å². The number of nitrogens with zero attached hydrogens (tertiary/aromatic N) is 2. The Labute approximate surface area is 172 Å². The molecular formula is C22H19F2N3OS. The first-order valence-corrected chi connectivity index (χ1v) is 9.80. The molecule has 2 N–H and O–H groups in total. The lowest BCUT2D eigenvalue weighted by atomic mass is 10.1. The Morgan fingerprint density at radius 2 is 1.72 bits per heavy atom. The standard InChI is InChI=1S/C22H19F2N3OS/c23-19-11-6-12-20(21(19)24)28-14-18-10-5-4-9-17(18)13-26-27-22(25)29-15-16-7-2-1-3-8-16/h1-13H,14-15H2,(H2,25,27). The van der Waals surface area contributed by atoms with E-state index in [-0.39, 0.29) is 12.4 Å². The van der Waals surface area contributed by atoms with Crippen molar-refractivity contribution in [2.75, 3.05) is 0 Å². The Morgan fingerprint density at radius 3 is 2.55 bits per heavy atom. The summed E-state index contributed by atoms with van der Waals surface area (Å²) in [5, 5.41) is 8.37. The molecule has 0 aromatic heterocycles. The van der Waals surface area contributed by atoms with Gasteiger partial charge in [0, 0.05) is 11.3 Å². The second-order valence-corrected chi connectivity index (χ2v) is 6.99. The molecule has 0 amide bonds. The van der Waals surface area contributed by atoms with E-state index in [9.17, 15) is 8.78 Å². The van der Waals surface area contributed by atoms with Crippen LogP contribution in [0.2, 0.25) is 0 Å². The van der Waals surface area contributed by atoms with Crippen LogP contribution in [0.25, 0.3) is 0 Å². The summed E-state index contributed by atoms with van der Waals surface area (Å²) < 4.78 is 32.4.